The highest BCUT2D eigenvalue weighted by Crippen LogP contribution is 2.27. The van der Waals surface area contributed by atoms with Crippen LogP contribution in [0.15, 0.2) is 23.1 Å². The van der Waals surface area contributed by atoms with Gasteiger partial charge in [-0.05, 0) is 31.9 Å². The van der Waals surface area contributed by atoms with Gasteiger partial charge in [0.2, 0.25) is 0 Å². The molecule has 2 aromatic rings. The first kappa shape index (κ1) is 13.5. The third-order valence-electron chi connectivity index (χ3n) is 2.94. The van der Waals surface area contributed by atoms with Gasteiger partial charge >= 0.3 is 6.18 Å². The predicted octanol–water partition coefficient (Wildman–Crippen LogP) is 3.11. The number of aromatic nitrogens is 2. The van der Waals surface area contributed by atoms with Crippen LogP contribution in [0, 0.1) is 20.8 Å². The largest absolute Gasteiger partial charge is 0.423 e. The summed E-state index contributed by atoms with van der Waals surface area (Å²) in [6, 6.07) is 3.64. The average Bonchev–Trinajstić information content (AvgIpc) is 2.58. The van der Waals surface area contributed by atoms with Gasteiger partial charge in [0.1, 0.15) is 5.56 Å². The van der Waals surface area contributed by atoms with Crippen molar-refractivity contribution in [3.63, 3.8) is 0 Å². The number of halogens is 3. The van der Waals surface area contributed by atoms with Crippen molar-refractivity contribution in [2.45, 2.75) is 26.9 Å². The Kier molecular flexibility index (Phi) is 3.04. The van der Waals surface area contributed by atoms with Gasteiger partial charge in [-0.3, -0.25) is 9.89 Å². The van der Waals surface area contributed by atoms with E-state index < -0.39 is 17.3 Å². The summed E-state index contributed by atoms with van der Waals surface area (Å²) >= 11 is 0. The lowest BCUT2D eigenvalue weighted by atomic mass is 10.1. The molecule has 0 fully saturated rings. The Bertz CT molecular complexity index is 657. The highest BCUT2D eigenvalue weighted by atomic mass is 19.4. The number of rotatable bonds is 1. The summed E-state index contributed by atoms with van der Waals surface area (Å²) in [5.74, 6) is 0. The quantitative estimate of drug-likeness (QED) is 0.849. The Morgan fingerprint density at radius 3 is 2.05 bits per heavy atom. The summed E-state index contributed by atoms with van der Waals surface area (Å²) in [6.45, 7) is 5.41. The van der Waals surface area contributed by atoms with Crippen molar-refractivity contribution >= 4 is 0 Å². The normalized spacial score (nSPS) is 11.9. The molecule has 0 radical (unpaired) electrons. The van der Waals surface area contributed by atoms with E-state index in [1.165, 1.54) is 0 Å². The molecule has 0 aliphatic heterocycles. The Balaban J connectivity index is 2.69. The number of hydrogen-bond acceptors (Lipinski definition) is 1. The van der Waals surface area contributed by atoms with Gasteiger partial charge in [0, 0.05) is 6.20 Å². The number of alkyl halides is 3. The number of hydrogen-bond donors (Lipinski definition) is 1. The fourth-order valence-corrected chi connectivity index (χ4v) is 2.26. The first-order chi connectivity index (χ1) is 8.71. The SMILES string of the molecule is Cc1cc(C)c(-n2[nH]cc(C(F)(F)F)c2=O)c(C)c1. The summed E-state index contributed by atoms with van der Waals surface area (Å²) in [5.41, 5.74) is 0.681. The highest BCUT2D eigenvalue weighted by Gasteiger charge is 2.36. The molecule has 0 atom stereocenters. The van der Waals surface area contributed by atoms with E-state index in [1.807, 2.05) is 19.1 Å². The molecule has 1 aromatic carbocycles. The molecule has 0 saturated carbocycles. The van der Waals surface area contributed by atoms with Crippen LogP contribution in [0.4, 0.5) is 13.2 Å². The fraction of sp³-hybridized carbons (Fsp3) is 0.308. The number of H-pyrrole nitrogens is 1. The summed E-state index contributed by atoms with van der Waals surface area (Å²) in [5, 5.41) is 2.38. The monoisotopic (exact) mass is 270 g/mol. The van der Waals surface area contributed by atoms with Crippen LogP contribution in [0.25, 0.3) is 5.69 Å². The minimum atomic E-state index is -4.65. The standard InChI is InChI=1S/C13H13F3N2O/c1-7-4-8(2)11(9(3)5-7)18-12(19)10(6-17-18)13(14,15)16/h4-6,17H,1-3H3. The van der Waals surface area contributed by atoms with Gasteiger partial charge in [0.25, 0.3) is 5.56 Å². The molecular formula is C13H13F3N2O. The minimum absolute atomic E-state index is 0.464. The Morgan fingerprint density at radius 2 is 1.63 bits per heavy atom. The maximum Gasteiger partial charge on any atom is 0.423 e. The van der Waals surface area contributed by atoms with E-state index in [0.29, 0.717) is 11.9 Å². The lowest BCUT2D eigenvalue weighted by Gasteiger charge is -2.11. The topological polar surface area (TPSA) is 37.8 Å². The number of aryl methyl sites for hydroxylation is 3. The molecular weight excluding hydrogens is 257 g/mol. The van der Waals surface area contributed by atoms with Crippen molar-refractivity contribution in [2.75, 3.05) is 0 Å². The van der Waals surface area contributed by atoms with Gasteiger partial charge < -0.3 is 0 Å². The van der Waals surface area contributed by atoms with Crippen LogP contribution in [-0.2, 0) is 6.18 Å². The molecule has 1 N–H and O–H groups in total. The van der Waals surface area contributed by atoms with Gasteiger partial charge in [-0.1, -0.05) is 17.7 Å². The Morgan fingerprint density at radius 1 is 1.11 bits per heavy atom. The maximum absolute atomic E-state index is 12.6. The second-order valence-electron chi connectivity index (χ2n) is 4.57. The van der Waals surface area contributed by atoms with Gasteiger partial charge in [0.05, 0.1) is 5.69 Å². The maximum atomic E-state index is 12.6. The lowest BCUT2D eigenvalue weighted by Crippen LogP contribution is -2.23. The third kappa shape index (κ3) is 2.30. The molecule has 6 heteroatoms. The molecule has 1 aromatic heterocycles. The van der Waals surface area contributed by atoms with Crippen molar-refractivity contribution < 1.29 is 13.2 Å². The zero-order valence-corrected chi connectivity index (χ0v) is 10.7. The van der Waals surface area contributed by atoms with Crippen LogP contribution < -0.4 is 5.56 Å². The fourth-order valence-electron chi connectivity index (χ4n) is 2.26. The van der Waals surface area contributed by atoms with Crippen molar-refractivity contribution in [3.05, 3.63) is 50.9 Å². The second kappa shape index (κ2) is 4.29. The molecule has 0 saturated heterocycles. The molecule has 0 unspecified atom stereocenters. The van der Waals surface area contributed by atoms with Crippen LogP contribution in [0.1, 0.15) is 22.3 Å². The molecule has 0 amide bonds. The van der Waals surface area contributed by atoms with Crippen LogP contribution in [0.2, 0.25) is 0 Å². The van der Waals surface area contributed by atoms with E-state index in [1.54, 1.807) is 13.8 Å². The molecule has 0 bridgehead atoms. The van der Waals surface area contributed by atoms with Crippen molar-refractivity contribution in [2.24, 2.45) is 0 Å². The van der Waals surface area contributed by atoms with Crippen LogP contribution in [-0.4, -0.2) is 9.78 Å². The first-order valence-corrected chi connectivity index (χ1v) is 5.67. The molecule has 19 heavy (non-hydrogen) atoms. The molecule has 0 spiro atoms. The molecule has 2 rings (SSSR count). The average molecular weight is 270 g/mol. The lowest BCUT2D eigenvalue weighted by molar-refractivity contribution is -0.138. The van der Waals surface area contributed by atoms with Crippen molar-refractivity contribution in [1.82, 2.24) is 9.78 Å². The smallest absolute Gasteiger partial charge is 0.298 e. The summed E-state index contributed by atoms with van der Waals surface area (Å²) in [6.07, 6.45) is -3.95. The molecule has 3 nitrogen and oxygen atoms in total. The van der Waals surface area contributed by atoms with Crippen LogP contribution in [0.3, 0.4) is 0 Å². The number of nitrogens with one attached hydrogen (secondary N) is 1. The van der Waals surface area contributed by atoms with Gasteiger partial charge in [0.15, 0.2) is 0 Å². The van der Waals surface area contributed by atoms with Crippen molar-refractivity contribution in [1.29, 1.82) is 0 Å². The summed E-state index contributed by atoms with van der Waals surface area (Å²) in [4.78, 5) is 11.8. The van der Waals surface area contributed by atoms with Gasteiger partial charge in [-0.15, -0.1) is 0 Å². The Labute approximate surface area is 107 Å². The molecule has 0 aliphatic rings. The first-order valence-electron chi connectivity index (χ1n) is 5.67. The zero-order valence-electron chi connectivity index (χ0n) is 10.7. The Hall–Kier alpha value is -1.98. The second-order valence-corrected chi connectivity index (χ2v) is 4.57. The third-order valence-corrected chi connectivity index (χ3v) is 2.94. The zero-order chi connectivity index (χ0) is 14.4. The molecule has 1 heterocycles. The summed E-state index contributed by atoms with van der Waals surface area (Å²) < 4.78 is 38.8. The highest BCUT2D eigenvalue weighted by molar-refractivity contribution is 5.48. The molecule has 102 valence electrons. The minimum Gasteiger partial charge on any atom is -0.298 e. The van der Waals surface area contributed by atoms with Gasteiger partial charge in [-0.25, -0.2) is 4.68 Å². The van der Waals surface area contributed by atoms with Crippen LogP contribution >= 0.6 is 0 Å². The van der Waals surface area contributed by atoms with E-state index in [9.17, 15) is 18.0 Å². The van der Waals surface area contributed by atoms with E-state index in [2.05, 4.69) is 5.10 Å². The van der Waals surface area contributed by atoms with E-state index in [0.717, 1.165) is 21.4 Å². The number of benzene rings is 1. The van der Waals surface area contributed by atoms with Gasteiger partial charge in [-0.2, -0.15) is 13.2 Å². The van der Waals surface area contributed by atoms with E-state index in [4.69, 9.17) is 0 Å². The number of nitrogens with zero attached hydrogens (tertiary/aromatic N) is 1. The predicted molar refractivity (Wildman–Crippen MR) is 65.6 cm³/mol. The van der Waals surface area contributed by atoms with E-state index in [-0.39, 0.29) is 0 Å². The van der Waals surface area contributed by atoms with Crippen LogP contribution in [0.5, 0.6) is 0 Å². The summed E-state index contributed by atoms with van der Waals surface area (Å²) in [7, 11) is 0. The van der Waals surface area contributed by atoms with Crippen molar-refractivity contribution in [3.8, 4) is 5.69 Å². The number of aromatic amines is 1. The van der Waals surface area contributed by atoms with E-state index >= 15 is 0 Å². The molecule has 0 aliphatic carbocycles.